The lowest BCUT2D eigenvalue weighted by Crippen LogP contribution is -2.26. The average Bonchev–Trinajstić information content (AvgIpc) is 2.41. The summed E-state index contributed by atoms with van der Waals surface area (Å²) in [6.45, 7) is 3.82. The van der Waals surface area contributed by atoms with Crippen molar-refractivity contribution in [2.24, 2.45) is 0 Å². The summed E-state index contributed by atoms with van der Waals surface area (Å²) >= 11 is 0. The maximum atomic E-state index is 5.53. The van der Waals surface area contributed by atoms with Crippen LogP contribution >= 0.6 is 0 Å². The molecule has 0 amide bonds. The lowest BCUT2D eigenvalue weighted by atomic mass is 10.2. The average molecular weight is 139 g/mol. The quantitative estimate of drug-likeness (QED) is 0.502. The Kier molecular flexibility index (Phi) is 1.16. The summed E-state index contributed by atoms with van der Waals surface area (Å²) in [5.74, 6) is 0.856. The molecule has 2 atom stereocenters. The fourth-order valence-electron chi connectivity index (χ4n) is 1.93. The molecule has 2 rings (SSSR count). The number of rotatable bonds is 0. The number of nitrogens with zero attached hydrogens (tertiary/aromatic N) is 1. The van der Waals surface area contributed by atoms with Gasteiger partial charge in [-0.3, -0.25) is 0 Å². The highest BCUT2D eigenvalue weighted by Crippen LogP contribution is 2.34. The third-order valence-corrected chi connectivity index (χ3v) is 2.60. The molecule has 1 aliphatic carbocycles. The highest BCUT2D eigenvalue weighted by Gasteiger charge is 2.38. The van der Waals surface area contributed by atoms with Gasteiger partial charge in [0.15, 0.2) is 5.88 Å². The van der Waals surface area contributed by atoms with Gasteiger partial charge < -0.3 is 9.64 Å². The first-order chi connectivity index (χ1) is 4.79. The molecule has 0 N–H and O–H groups in total. The summed E-state index contributed by atoms with van der Waals surface area (Å²) in [5, 5.41) is 0. The zero-order chi connectivity index (χ0) is 7.14. The van der Waals surface area contributed by atoms with Gasteiger partial charge >= 0.3 is 0 Å². The Labute approximate surface area is 61.5 Å². The lowest BCUT2D eigenvalue weighted by molar-refractivity contribution is 0.159. The molecule has 2 nitrogen and oxygen atoms in total. The van der Waals surface area contributed by atoms with Crippen LogP contribution in [0.5, 0.6) is 0 Å². The van der Waals surface area contributed by atoms with Crippen LogP contribution in [-0.4, -0.2) is 24.1 Å². The summed E-state index contributed by atoms with van der Waals surface area (Å²) in [5.41, 5.74) is 0. The fraction of sp³-hybridized carbons (Fsp3) is 0.750. The van der Waals surface area contributed by atoms with E-state index in [0.29, 0.717) is 12.1 Å². The SMILES string of the molecule is C=C1OC2CCCC2N1C. The van der Waals surface area contributed by atoms with Gasteiger partial charge in [-0.2, -0.15) is 0 Å². The minimum Gasteiger partial charge on any atom is -0.474 e. The molecule has 1 saturated heterocycles. The van der Waals surface area contributed by atoms with Crippen LogP contribution in [0.3, 0.4) is 0 Å². The largest absolute Gasteiger partial charge is 0.474 e. The van der Waals surface area contributed by atoms with E-state index in [1.54, 1.807) is 0 Å². The molecule has 0 aromatic heterocycles. The second kappa shape index (κ2) is 1.91. The van der Waals surface area contributed by atoms with Crippen molar-refractivity contribution in [3.8, 4) is 0 Å². The molecule has 0 aromatic rings. The van der Waals surface area contributed by atoms with E-state index in [4.69, 9.17) is 4.74 Å². The van der Waals surface area contributed by atoms with Crippen LogP contribution in [0, 0.1) is 0 Å². The van der Waals surface area contributed by atoms with Gasteiger partial charge in [0.25, 0.3) is 0 Å². The maximum absolute atomic E-state index is 5.53. The Morgan fingerprint density at radius 1 is 1.60 bits per heavy atom. The smallest absolute Gasteiger partial charge is 0.182 e. The molecular formula is C8H13NO. The molecule has 2 heteroatoms. The van der Waals surface area contributed by atoms with Gasteiger partial charge in [0.05, 0.1) is 6.04 Å². The van der Waals surface area contributed by atoms with Crippen molar-refractivity contribution in [1.82, 2.24) is 4.90 Å². The number of hydrogen-bond donors (Lipinski definition) is 0. The summed E-state index contributed by atoms with van der Waals surface area (Å²) in [6.07, 6.45) is 4.26. The zero-order valence-electron chi connectivity index (χ0n) is 6.34. The van der Waals surface area contributed by atoms with E-state index in [-0.39, 0.29) is 0 Å². The molecule has 56 valence electrons. The highest BCUT2D eigenvalue weighted by atomic mass is 16.5. The normalized spacial score (nSPS) is 38.1. The third-order valence-electron chi connectivity index (χ3n) is 2.60. The van der Waals surface area contributed by atoms with Gasteiger partial charge in [-0.25, -0.2) is 0 Å². The van der Waals surface area contributed by atoms with Gasteiger partial charge in [-0.15, -0.1) is 0 Å². The van der Waals surface area contributed by atoms with Crippen molar-refractivity contribution in [3.63, 3.8) is 0 Å². The molecule has 1 saturated carbocycles. The third kappa shape index (κ3) is 0.648. The van der Waals surface area contributed by atoms with Gasteiger partial charge in [-0.05, 0) is 25.8 Å². The Morgan fingerprint density at radius 3 is 3.10 bits per heavy atom. The first-order valence-electron chi connectivity index (χ1n) is 3.87. The summed E-state index contributed by atoms with van der Waals surface area (Å²) in [6, 6.07) is 0.632. The van der Waals surface area contributed by atoms with Crippen LogP contribution in [0.4, 0.5) is 0 Å². The standard InChI is InChI=1S/C8H13NO/c1-6-9(2)7-4-3-5-8(7)10-6/h7-8H,1,3-5H2,2H3. The molecule has 0 bridgehead atoms. The monoisotopic (exact) mass is 139 g/mol. The van der Waals surface area contributed by atoms with Crippen LogP contribution in [0.15, 0.2) is 12.5 Å². The Bertz CT molecular complexity index is 167. The minimum atomic E-state index is 0.456. The summed E-state index contributed by atoms with van der Waals surface area (Å²) in [4.78, 5) is 2.16. The molecule has 2 unspecified atom stereocenters. The molecule has 0 spiro atoms. The molecule has 0 aromatic carbocycles. The van der Waals surface area contributed by atoms with Gasteiger partial charge in [0.1, 0.15) is 6.10 Å². The molecule has 1 heterocycles. The van der Waals surface area contributed by atoms with Crippen LogP contribution in [0.1, 0.15) is 19.3 Å². The van der Waals surface area contributed by atoms with Crippen molar-refractivity contribution >= 4 is 0 Å². The maximum Gasteiger partial charge on any atom is 0.182 e. The highest BCUT2D eigenvalue weighted by molar-refractivity contribution is 5.01. The Hall–Kier alpha value is -0.660. The number of likely N-dealkylation sites (N-methyl/N-ethyl adjacent to an activating group) is 1. The van der Waals surface area contributed by atoms with Gasteiger partial charge in [-0.1, -0.05) is 0 Å². The number of hydrogen-bond acceptors (Lipinski definition) is 2. The van der Waals surface area contributed by atoms with E-state index < -0.39 is 0 Å². The summed E-state index contributed by atoms with van der Waals surface area (Å²) < 4.78 is 5.53. The zero-order valence-corrected chi connectivity index (χ0v) is 6.34. The first kappa shape index (κ1) is 6.08. The predicted octanol–water partition coefficient (Wildman–Crippen LogP) is 1.34. The van der Waals surface area contributed by atoms with Crippen molar-refractivity contribution in [2.75, 3.05) is 7.05 Å². The molecule has 2 aliphatic rings. The van der Waals surface area contributed by atoms with E-state index in [1.807, 2.05) is 0 Å². The van der Waals surface area contributed by atoms with E-state index >= 15 is 0 Å². The summed E-state index contributed by atoms with van der Waals surface area (Å²) in [7, 11) is 2.07. The second-order valence-electron chi connectivity index (χ2n) is 3.16. The first-order valence-corrected chi connectivity index (χ1v) is 3.87. The lowest BCUT2D eigenvalue weighted by Gasteiger charge is -2.15. The molecule has 1 aliphatic heterocycles. The molecule has 2 fully saturated rings. The fourth-order valence-corrected chi connectivity index (χ4v) is 1.93. The molecule has 10 heavy (non-hydrogen) atoms. The van der Waals surface area contributed by atoms with Crippen molar-refractivity contribution < 1.29 is 4.74 Å². The van der Waals surface area contributed by atoms with Crippen molar-refractivity contribution in [1.29, 1.82) is 0 Å². The van der Waals surface area contributed by atoms with E-state index in [9.17, 15) is 0 Å². The van der Waals surface area contributed by atoms with Crippen molar-refractivity contribution in [3.05, 3.63) is 12.5 Å². The van der Waals surface area contributed by atoms with Gasteiger partial charge in [0, 0.05) is 7.05 Å². The van der Waals surface area contributed by atoms with Crippen LogP contribution in [-0.2, 0) is 4.74 Å². The van der Waals surface area contributed by atoms with Crippen molar-refractivity contribution in [2.45, 2.75) is 31.4 Å². The van der Waals surface area contributed by atoms with E-state index in [1.165, 1.54) is 19.3 Å². The Balaban J connectivity index is 2.16. The topological polar surface area (TPSA) is 12.5 Å². The predicted molar refractivity (Wildman–Crippen MR) is 39.4 cm³/mol. The van der Waals surface area contributed by atoms with E-state index in [0.717, 1.165) is 5.88 Å². The van der Waals surface area contributed by atoms with Gasteiger partial charge in [0.2, 0.25) is 0 Å². The molecule has 0 radical (unpaired) electrons. The van der Waals surface area contributed by atoms with E-state index in [2.05, 4.69) is 18.5 Å². The van der Waals surface area contributed by atoms with Crippen LogP contribution in [0.2, 0.25) is 0 Å². The van der Waals surface area contributed by atoms with Crippen LogP contribution in [0.25, 0.3) is 0 Å². The Morgan fingerprint density at radius 2 is 2.40 bits per heavy atom. The minimum absolute atomic E-state index is 0.456. The van der Waals surface area contributed by atoms with Crippen LogP contribution < -0.4 is 0 Å². The number of ether oxygens (including phenoxy) is 1. The number of fused-ring (bicyclic) bond motifs is 1. The second-order valence-corrected chi connectivity index (χ2v) is 3.16. The molecular weight excluding hydrogens is 126 g/mol.